The summed E-state index contributed by atoms with van der Waals surface area (Å²) in [6.07, 6.45) is -2.42. The van der Waals surface area contributed by atoms with E-state index in [9.17, 15) is 18.0 Å². The lowest BCUT2D eigenvalue weighted by atomic mass is 10.0. The van der Waals surface area contributed by atoms with Crippen LogP contribution in [0, 0.1) is 0 Å². The van der Waals surface area contributed by atoms with E-state index in [4.69, 9.17) is 0 Å². The van der Waals surface area contributed by atoms with Gasteiger partial charge in [0, 0.05) is 5.92 Å². The molecule has 3 rings (SSSR count). The summed E-state index contributed by atoms with van der Waals surface area (Å²) in [5, 5.41) is 6.30. The van der Waals surface area contributed by atoms with Gasteiger partial charge >= 0.3 is 6.18 Å². The Morgan fingerprint density at radius 3 is 2.60 bits per heavy atom. The van der Waals surface area contributed by atoms with Crippen molar-refractivity contribution in [3.63, 3.8) is 0 Å². The molecule has 20 heavy (non-hydrogen) atoms. The van der Waals surface area contributed by atoms with Gasteiger partial charge in [0.15, 0.2) is 0 Å². The molecule has 0 aliphatic heterocycles. The minimum atomic E-state index is -4.42. The van der Waals surface area contributed by atoms with Crippen LogP contribution in [0.15, 0.2) is 35.1 Å². The molecule has 0 spiro atoms. The van der Waals surface area contributed by atoms with Crippen molar-refractivity contribution in [3.8, 4) is 11.1 Å². The van der Waals surface area contributed by atoms with Gasteiger partial charge in [-0.05, 0) is 36.6 Å². The molecule has 1 aromatic carbocycles. The van der Waals surface area contributed by atoms with Crippen molar-refractivity contribution in [2.75, 3.05) is 0 Å². The SMILES string of the molecule is O=c1[nH]nc(C2CC2)cc1-c1cccc(C(F)(F)F)c1. The topological polar surface area (TPSA) is 45.8 Å². The first-order valence-electron chi connectivity index (χ1n) is 6.22. The van der Waals surface area contributed by atoms with E-state index in [1.165, 1.54) is 12.1 Å². The summed E-state index contributed by atoms with van der Waals surface area (Å²) < 4.78 is 38.1. The van der Waals surface area contributed by atoms with Crippen molar-refractivity contribution in [1.82, 2.24) is 10.2 Å². The Balaban J connectivity index is 2.08. The maximum Gasteiger partial charge on any atom is 0.416 e. The summed E-state index contributed by atoms with van der Waals surface area (Å²) >= 11 is 0. The second-order valence-corrected chi connectivity index (χ2v) is 4.89. The van der Waals surface area contributed by atoms with Crippen LogP contribution < -0.4 is 5.56 Å². The monoisotopic (exact) mass is 280 g/mol. The molecule has 1 aromatic heterocycles. The van der Waals surface area contributed by atoms with Crippen LogP contribution in [0.25, 0.3) is 11.1 Å². The Hall–Kier alpha value is -2.11. The first-order chi connectivity index (χ1) is 9.45. The zero-order valence-electron chi connectivity index (χ0n) is 10.4. The van der Waals surface area contributed by atoms with Crippen molar-refractivity contribution in [1.29, 1.82) is 0 Å². The number of aromatic amines is 1. The minimum Gasteiger partial charge on any atom is -0.267 e. The van der Waals surface area contributed by atoms with Gasteiger partial charge in [-0.3, -0.25) is 4.79 Å². The van der Waals surface area contributed by atoms with Crippen molar-refractivity contribution >= 4 is 0 Å². The van der Waals surface area contributed by atoms with Gasteiger partial charge < -0.3 is 0 Å². The van der Waals surface area contributed by atoms with Crippen LogP contribution in [0.1, 0.15) is 30.0 Å². The Kier molecular flexibility index (Phi) is 2.88. The summed E-state index contributed by atoms with van der Waals surface area (Å²) in [7, 11) is 0. The maximum absolute atomic E-state index is 12.7. The van der Waals surface area contributed by atoms with E-state index >= 15 is 0 Å². The molecule has 1 fully saturated rings. The van der Waals surface area contributed by atoms with E-state index < -0.39 is 17.3 Å². The van der Waals surface area contributed by atoms with E-state index in [0.717, 1.165) is 30.7 Å². The van der Waals surface area contributed by atoms with Crippen LogP contribution in [-0.2, 0) is 6.18 Å². The first kappa shape index (κ1) is 12.9. The number of hydrogen-bond acceptors (Lipinski definition) is 2. The van der Waals surface area contributed by atoms with Gasteiger partial charge in [0.2, 0.25) is 0 Å². The molecule has 0 bridgehead atoms. The number of benzene rings is 1. The molecule has 6 heteroatoms. The van der Waals surface area contributed by atoms with Gasteiger partial charge in [-0.2, -0.15) is 18.3 Å². The summed E-state index contributed by atoms with van der Waals surface area (Å²) in [5.74, 6) is 0.316. The normalized spacial score (nSPS) is 15.3. The molecule has 1 aliphatic rings. The van der Waals surface area contributed by atoms with Gasteiger partial charge in [0.1, 0.15) is 0 Å². The van der Waals surface area contributed by atoms with Gasteiger partial charge in [0.25, 0.3) is 5.56 Å². The van der Waals surface area contributed by atoms with Crippen molar-refractivity contribution in [2.24, 2.45) is 0 Å². The van der Waals surface area contributed by atoms with Crippen LogP contribution in [0.4, 0.5) is 13.2 Å². The third kappa shape index (κ3) is 2.45. The number of H-pyrrole nitrogens is 1. The predicted molar refractivity (Wildman–Crippen MR) is 67.3 cm³/mol. The Morgan fingerprint density at radius 2 is 1.95 bits per heavy atom. The van der Waals surface area contributed by atoms with E-state index in [2.05, 4.69) is 10.2 Å². The summed E-state index contributed by atoms with van der Waals surface area (Å²) in [6, 6.07) is 6.36. The third-order valence-electron chi connectivity index (χ3n) is 3.32. The number of rotatable bonds is 2. The highest BCUT2D eigenvalue weighted by Gasteiger charge is 2.31. The van der Waals surface area contributed by atoms with E-state index in [1.807, 2.05) is 0 Å². The molecule has 1 aliphatic carbocycles. The van der Waals surface area contributed by atoms with Crippen LogP contribution in [0.3, 0.4) is 0 Å². The first-order valence-corrected chi connectivity index (χ1v) is 6.22. The second kappa shape index (κ2) is 4.47. The largest absolute Gasteiger partial charge is 0.416 e. The fraction of sp³-hybridized carbons (Fsp3) is 0.286. The molecule has 1 heterocycles. The fourth-order valence-corrected chi connectivity index (χ4v) is 2.09. The fourth-order valence-electron chi connectivity index (χ4n) is 2.09. The summed E-state index contributed by atoms with van der Waals surface area (Å²) in [5.41, 5.74) is -0.0247. The Bertz CT molecular complexity index is 702. The standard InChI is InChI=1S/C14H11F3N2O/c15-14(16,17)10-3-1-2-9(6-10)11-7-12(8-4-5-8)18-19-13(11)20/h1-3,6-8H,4-5H2,(H,19,20). The van der Waals surface area contributed by atoms with Crippen LogP contribution >= 0.6 is 0 Å². The van der Waals surface area contributed by atoms with E-state index in [0.29, 0.717) is 5.92 Å². The lowest BCUT2D eigenvalue weighted by molar-refractivity contribution is -0.137. The zero-order chi connectivity index (χ0) is 14.3. The molecule has 3 nitrogen and oxygen atoms in total. The third-order valence-corrected chi connectivity index (χ3v) is 3.32. The number of nitrogens with one attached hydrogen (secondary N) is 1. The molecular formula is C14H11F3N2O. The van der Waals surface area contributed by atoms with Gasteiger partial charge in [-0.15, -0.1) is 0 Å². The molecule has 1 saturated carbocycles. The van der Waals surface area contributed by atoms with Gasteiger partial charge in [-0.1, -0.05) is 12.1 Å². The quantitative estimate of drug-likeness (QED) is 0.917. The number of nitrogens with zero attached hydrogens (tertiary/aromatic N) is 1. The highest BCUT2D eigenvalue weighted by Crippen LogP contribution is 2.39. The van der Waals surface area contributed by atoms with Gasteiger partial charge in [0.05, 0.1) is 16.8 Å². The second-order valence-electron chi connectivity index (χ2n) is 4.89. The highest BCUT2D eigenvalue weighted by atomic mass is 19.4. The van der Waals surface area contributed by atoms with Crippen LogP contribution in [0.2, 0.25) is 0 Å². The molecule has 0 unspecified atom stereocenters. The number of hydrogen-bond donors (Lipinski definition) is 1. The maximum atomic E-state index is 12.7. The molecule has 0 atom stereocenters. The van der Waals surface area contributed by atoms with E-state index in [-0.39, 0.29) is 11.1 Å². The molecule has 0 radical (unpaired) electrons. The number of halogens is 3. The van der Waals surface area contributed by atoms with Crippen LogP contribution in [0.5, 0.6) is 0 Å². The van der Waals surface area contributed by atoms with Crippen molar-refractivity contribution < 1.29 is 13.2 Å². The summed E-state index contributed by atoms with van der Waals surface area (Å²) in [6.45, 7) is 0. The van der Waals surface area contributed by atoms with Crippen molar-refractivity contribution in [2.45, 2.75) is 24.9 Å². The average Bonchev–Trinajstić information content (AvgIpc) is 3.23. The average molecular weight is 280 g/mol. The predicted octanol–water partition coefficient (Wildman–Crippen LogP) is 3.33. The number of aromatic nitrogens is 2. The zero-order valence-corrected chi connectivity index (χ0v) is 10.4. The summed E-state index contributed by atoms with van der Waals surface area (Å²) in [4.78, 5) is 11.8. The van der Waals surface area contributed by atoms with Crippen molar-refractivity contribution in [3.05, 3.63) is 51.9 Å². The van der Waals surface area contributed by atoms with Crippen LogP contribution in [-0.4, -0.2) is 10.2 Å². The molecule has 104 valence electrons. The molecular weight excluding hydrogens is 269 g/mol. The smallest absolute Gasteiger partial charge is 0.267 e. The molecule has 0 amide bonds. The molecule has 2 aromatic rings. The van der Waals surface area contributed by atoms with Gasteiger partial charge in [-0.25, -0.2) is 5.10 Å². The van der Waals surface area contributed by atoms with E-state index in [1.54, 1.807) is 6.07 Å². The molecule has 1 N–H and O–H groups in total. The number of alkyl halides is 3. The molecule has 0 saturated heterocycles. The Labute approximate surface area is 112 Å². The lowest BCUT2D eigenvalue weighted by Crippen LogP contribution is -2.13. The highest BCUT2D eigenvalue weighted by molar-refractivity contribution is 5.63. The Morgan fingerprint density at radius 1 is 1.20 bits per heavy atom. The lowest BCUT2D eigenvalue weighted by Gasteiger charge is -2.09. The minimum absolute atomic E-state index is 0.230.